The lowest BCUT2D eigenvalue weighted by molar-refractivity contribution is 0.0308. The van der Waals surface area contributed by atoms with Crippen molar-refractivity contribution in [3.05, 3.63) is 71.8 Å². The molecule has 0 aliphatic heterocycles. The number of benzene rings is 2. The second-order valence-electron chi connectivity index (χ2n) is 5.72. The summed E-state index contributed by atoms with van der Waals surface area (Å²) in [5.41, 5.74) is 2.24. The van der Waals surface area contributed by atoms with E-state index in [4.69, 9.17) is 4.74 Å². The maximum atomic E-state index is 10.1. The van der Waals surface area contributed by atoms with Crippen molar-refractivity contribution in [2.75, 3.05) is 19.7 Å². The summed E-state index contributed by atoms with van der Waals surface area (Å²) < 4.78 is 5.55. The van der Waals surface area contributed by atoms with Crippen molar-refractivity contribution >= 4 is 29.9 Å². The zero-order chi connectivity index (χ0) is 17.7. The number of ether oxygens (including phenoxy) is 1. The van der Waals surface area contributed by atoms with Gasteiger partial charge in [0, 0.05) is 13.1 Å². The molecule has 0 heterocycles. The summed E-state index contributed by atoms with van der Waals surface area (Å²) in [6, 6.07) is 20.0. The molecule has 142 valence electrons. The molecule has 0 radical (unpaired) electrons. The Morgan fingerprint density at radius 1 is 1.00 bits per heavy atom. The Morgan fingerprint density at radius 2 is 1.62 bits per heavy atom. The monoisotopic (exact) mass is 469 g/mol. The van der Waals surface area contributed by atoms with Gasteiger partial charge in [0.1, 0.15) is 0 Å². The fraction of sp³-hybridized carbons (Fsp3) is 0.350. The average molecular weight is 469 g/mol. The highest BCUT2D eigenvalue weighted by molar-refractivity contribution is 14.0. The van der Waals surface area contributed by atoms with E-state index in [9.17, 15) is 5.11 Å². The van der Waals surface area contributed by atoms with Gasteiger partial charge in [-0.25, -0.2) is 4.99 Å². The van der Waals surface area contributed by atoms with Crippen LogP contribution in [-0.4, -0.2) is 36.9 Å². The number of hydrogen-bond acceptors (Lipinski definition) is 3. The third-order valence-corrected chi connectivity index (χ3v) is 3.53. The molecule has 3 N–H and O–H groups in total. The predicted molar refractivity (Wildman–Crippen MR) is 117 cm³/mol. The maximum absolute atomic E-state index is 10.1. The SMILES string of the molecule is CCNC(=NCc1ccccc1)NCC(O)COCc1ccccc1.I. The Morgan fingerprint density at radius 3 is 2.23 bits per heavy atom. The Bertz CT molecular complexity index is 623. The maximum Gasteiger partial charge on any atom is 0.191 e. The van der Waals surface area contributed by atoms with Gasteiger partial charge < -0.3 is 20.5 Å². The highest BCUT2D eigenvalue weighted by Gasteiger charge is 2.06. The largest absolute Gasteiger partial charge is 0.389 e. The van der Waals surface area contributed by atoms with Gasteiger partial charge in [0.15, 0.2) is 5.96 Å². The van der Waals surface area contributed by atoms with Crippen LogP contribution in [0.5, 0.6) is 0 Å². The molecular weight excluding hydrogens is 441 g/mol. The van der Waals surface area contributed by atoms with Gasteiger partial charge in [-0.2, -0.15) is 0 Å². The van der Waals surface area contributed by atoms with Crippen molar-refractivity contribution in [1.82, 2.24) is 10.6 Å². The molecule has 0 bridgehead atoms. The molecule has 6 heteroatoms. The molecule has 0 fully saturated rings. The number of halogens is 1. The third kappa shape index (κ3) is 9.17. The number of nitrogens with zero attached hydrogens (tertiary/aromatic N) is 1. The lowest BCUT2D eigenvalue weighted by atomic mass is 10.2. The van der Waals surface area contributed by atoms with Crippen LogP contribution < -0.4 is 10.6 Å². The summed E-state index contributed by atoms with van der Waals surface area (Å²) in [5.74, 6) is 0.688. The molecule has 0 aliphatic rings. The molecule has 2 rings (SSSR count). The second kappa shape index (κ2) is 13.5. The summed E-state index contributed by atoms with van der Waals surface area (Å²) >= 11 is 0. The summed E-state index contributed by atoms with van der Waals surface area (Å²) in [6.07, 6.45) is -0.593. The van der Waals surface area contributed by atoms with E-state index < -0.39 is 6.10 Å². The molecular formula is C20H28IN3O2. The normalized spacial score (nSPS) is 12.2. The molecule has 2 aromatic rings. The quantitative estimate of drug-likeness (QED) is 0.300. The summed E-state index contributed by atoms with van der Waals surface area (Å²) in [5, 5.41) is 16.4. The smallest absolute Gasteiger partial charge is 0.191 e. The van der Waals surface area contributed by atoms with E-state index in [1.54, 1.807) is 0 Å². The second-order valence-corrected chi connectivity index (χ2v) is 5.72. The Hall–Kier alpha value is -1.64. The van der Waals surface area contributed by atoms with Crippen LogP contribution in [0.15, 0.2) is 65.7 Å². The van der Waals surface area contributed by atoms with Crippen LogP contribution in [0, 0.1) is 0 Å². The number of aliphatic hydroxyl groups is 1. The number of nitrogens with one attached hydrogen (secondary N) is 2. The molecule has 0 aliphatic carbocycles. The summed E-state index contributed by atoms with van der Waals surface area (Å²) in [6.45, 7) is 4.53. The summed E-state index contributed by atoms with van der Waals surface area (Å²) in [7, 11) is 0. The van der Waals surface area contributed by atoms with E-state index in [0.29, 0.717) is 25.7 Å². The molecule has 0 spiro atoms. The van der Waals surface area contributed by atoms with Gasteiger partial charge in [-0.15, -0.1) is 24.0 Å². The van der Waals surface area contributed by atoms with E-state index >= 15 is 0 Å². The molecule has 0 saturated carbocycles. The molecule has 1 atom stereocenters. The first-order valence-electron chi connectivity index (χ1n) is 8.63. The van der Waals surface area contributed by atoms with Crippen molar-refractivity contribution in [3.8, 4) is 0 Å². The van der Waals surface area contributed by atoms with E-state index in [2.05, 4.69) is 15.6 Å². The standard InChI is InChI=1S/C20H27N3O2.HI/c1-2-21-20(22-13-17-9-5-3-6-10-17)23-14-19(24)16-25-15-18-11-7-4-8-12-18;/h3-12,19,24H,2,13-16H2,1H3,(H2,21,22,23);1H. The fourth-order valence-electron chi connectivity index (χ4n) is 2.26. The van der Waals surface area contributed by atoms with Crippen LogP contribution in [0.1, 0.15) is 18.1 Å². The lowest BCUT2D eigenvalue weighted by Crippen LogP contribution is -2.42. The van der Waals surface area contributed by atoms with Crippen LogP contribution in [0.4, 0.5) is 0 Å². The van der Waals surface area contributed by atoms with Gasteiger partial charge >= 0.3 is 0 Å². The van der Waals surface area contributed by atoms with E-state index in [1.165, 1.54) is 0 Å². The van der Waals surface area contributed by atoms with Crippen LogP contribution in [0.25, 0.3) is 0 Å². The zero-order valence-corrected chi connectivity index (χ0v) is 17.4. The minimum absolute atomic E-state index is 0. The van der Waals surface area contributed by atoms with Gasteiger partial charge in [0.25, 0.3) is 0 Å². The van der Waals surface area contributed by atoms with E-state index in [0.717, 1.165) is 17.7 Å². The van der Waals surface area contributed by atoms with Crippen molar-refractivity contribution in [3.63, 3.8) is 0 Å². The van der Waals surface area contributed by atoms with Crippen LogP contribution in [-0.2, 0) is 17.9 Å². The lowest BCUT2D eigenvalue weighted by Gasteiger charge is -2.15. The third-order valence-electron chi connectivity index (χ3n) is 3.53. The van der Waals surface area contributed by atoms with Gasteiger partial charge in [0.2, 0.25) is 0 Å². The Kier molecular flexibility index (Phi) is 11.7. The van der Waals surface area contributed by atoms with Gasteiger partial charge in [0.05, 0.1) is 25.9 Å². The minimum atomic E-state index is -0.593. The van der Waals surface area contributed by atoms with Crippen molar-refractivity contribution in [1.29, 1.82) is 0 Å². The zero-order valence-electron chi connectivity index (χ0n) is 15.1. The minimum Gasteiger partial charge on any atom is -0.389 e. The van der Waals surface area contributed by atoms with E-state index in [1.807, 2.05) is 67.6 Å². The number of aliphatic hydroxyl groups excluding tert-OH is 1. The predicted octanol–water partition coefficient (Wildman–Crippen LogP) is 2.94. The topological polar surface area (TPSA) is 65.9 Å². The number of aliphatic imine (C=N–C) groups is 1. The summed E-state index contributed by atoms with van der Waals surface area (Å²) in [4.78, 5) is 4.53. The number of guanidine groups is 1. The highest BCUT2D eigenvalue weighted by Crippen LogP contribution is 2.01. The number of rotatable bonds is 9. The Balaban J connectivity index is 0.00000338. The van der Waals surface area contributed by atoms with Gasteiger partial charge in [-0.1, -0.05) is 60.7 Å². The van der Waals surface area contributed by atoms with Crippen molar-refractivity contribution < 1.29 is 9.84 Å². The fourth-order valence-corrected chi connectivity index (χ4v) is 2.26. The van der Waals surface area contributed by atoms with Crippen molar-refractivity contribution in [2.24, 2.45) is 4.99 Å². The van der Waals surface area contributed by atoms with E-state index in [-0.39, 0.29) is 30.6 Å². The molecule has 0 aromatic heterocycles. The molecule has 2 aromatic carbocycles. The van der Waals surface area contributed by atoms with Crippen LogP contribution in [0.2, 0.25) is 0 Å². The molecule has 0 saturated heterocycles. The van der Waals surface area contributed by atoms with Crippen LogP contribution in [0.3, 0.4) is 0 Å². The molecule has 0 amide bonds. The first-order chi connectivity index (χ1) is 12.3. The Labute approximate surface area is 172 Å². The first-order valence-corrected chi connectivity index (χ1v) is 8.63. The molecule has 1 unspecified atom stereocenters. The van der Waals surface area contributed by atoms with Gasteiger partial charge in [-0.05, 0) is 18.1 Å². The number of hydrogen-bond donors (Lipinski definition) is 3. The molecule has 5 nitrogen and oxygen atoms in total. The van der Waals surface area contributed by atoms with Gasteiger partial charge in [-0.3, -0.25) is 0 Å². The van der Waals surface area contributed by atoms with Crippen LogP contribution >= 0.6 is 24.0 Å². The van der Waals surface area contributed by atoms with Crippen molar-refractivity contribution in [2.45, 2.75) is 26.2 Å². The highest BCUT2D eigenvalue weighted by atomic mass is 127. The average Bonchev–Trinajstić information content (AvgIpc) is 2.66. The molecule has 26 heavy (non-hydrogen) atoms. The first kappa shape index (κ1) is 22.4.